The summed E-state index contributed by atoms with van der Waals surface area (Å²) in [6.45, 7) is 4.81. The van der Waals surface area contributed by atoms with Gasteiger partial charge in [-0.05, 0) is 25.5 Å². The summed E-state index contributed by atoms with van der Waals surface area (Å²) in [6, 6.07) is 11.9. The fraction of sp³-hybridized carbons (Fsp3) is 0.214. The third-order valence-corrected chi connectivity index (χ3v) is 3.02. The van der Waals surface area contributed by atoms with Gasteiger partial charge in [0, 0.05) is 17.9 Å². The van der Waals surface area contributed by atoms with Crippen LogP contribution >= 0.6 is 12.4 Å². The average molecular weight is 265 g/mol. The van der Waals surface area contributed by atoms with Crippen LogP contribution in [0, 0.1) is 6.92 Å². The van der Waals surface area contributed by atoms with Crippen molar-refractivity contribution in [1.82, 2.24) is 4.57 Å². The third-order valence-electron chi connectivity index (χ3n) is 3.02. The number of aromatic nitrogens is 1. The van der Waals surface area contributed by atoms with Crippen molar-refractivity contribution >= 4 is 18.3 Å². The largest absolute Gasteiger partial charge is 0.366 e. The molecule has 0 spiro atoms. The summed E-state index contributed by atoms with van der Waals surface area (Å²) in [4.78, 5) is 11.3. The summed E-state index contributed by atoms with van der Waals surface area (Å²) in [5.74, 6) is -0.369. The number of nitrogens with zero attached hydrogens (tertiary/aromatic N) is 1. The lowest BCUT2D eigenvalue weighted by molar-refractivity contribution is 0.0999. The highest BCUT2D eigenvalue weighted by molar-refractivity contribution is 5.95. The van der Waals surface area contributed by atoms with E-state index in [-0.39, 0.29) is 18.3 Å². The highest BCUT2D eigenvalue weighted by Gasteiger charge is 2.15. The minimum Gasteiger partial charge on any atom is -0.366 e. The first kappa shape index (κ1) is 14.3. The highest BCUT2D eigenvalue weighted by Crippen LogP contribution is 2.25. The van der Waals surface area contributed by atoms with Crippen molar-refractivity contribution < 1.29 is 4.79 Å². The average Bonchev–Trinajstić information content (AvgIpc) is 2.67. The first-order valence-electron chi connectivity index (χ1n) is 5.70. The molecular weight excluding hydrogens is 248 g/mol. The molecule has 0 bridgehead atoms. The van der Waals surface area contributed by atoms with Crippen molar-refractivity contribution in [2.75, 3.05) is 0 Å². The number of amides is 1. The van der Waals surface area contributed by atoms with Crippen LogP contribution in [0.3, 0.4) is 0 Å². The number of rotatable bonds is 3. The maximum atomic E-state index is 11.3. The molecule has 2 aromatic rings. The lowest BCUT2D eigenvalue weighted by Gasteiger charge is -2.08. The van der Waals surface area contributed by atoms with E-state index in [9.17, 15) is 4.79 Å². The monoisotopic (exact) mass is 264 g/mol. The van der Waals surface area contributed by atoms with Crippen LogP contribution in [0.15, 0.2) is 36.4 Å². The molecular formula is C14H17ClN2O. The molecule has 96 valence electrons. The molecule has 1 amide bonds. The molecule has 0 aliphatic heterocycles. The van der Waals surface area contributed by atoms with E-state index in [2.05, 4.69) is 11.5 Å². The van der Waals surface area contributed by atoms with Gasteiger partial charge in [0.1, 0.15) is 0 Å². The molecule has 1 aromatic carbocycles. The van der Waals surface area contributed by atoms with Gasteiger partial charge in [-0.3, -0.25) is 4.79 Å². The molecule has 0 atom stereocenters. The number of hydrogen-bond acceptors (Lipinski definition) is 1. The second-order valence-corrected chi connectivity index (χ2v) is 4.00. The van der Waals surface area contributed by atoms with E-state index >= 15 is 0 Å². The Kier molecular flexibility index (Phi) is 4.56. The Morgan fingerprint density at radius 1 is 1.28 bits per heavy atom. The van der Waals surface area contributed by atoms with E-state index in [1.165, 1.54) is 0 Å². The second kappa shape index (κ2) is 5.74. The first-order valence-corrected chi connectivity index (χ1v) is 5.70. The molecule has 1 heterocycles. The van der Waals surface area contributed by atoms with E-state index in [0.717, 1.165) is 23.5 Å². The normalized spacial score (nSPS) is 9.89. The first-order chi connectivity index (χ1) is 8.15. The van der Waals surface area contributed by atoms with Gasteiger partial charge in [0.25, 0.3) is 5.91 Å². The van der Waals surface area contributed by atoms with Crippen LogP contribution in [-0.2, 0) is 6.54 Å². The van der Waals surface area contributed by atoms with Crippen LogP contribution in [0.5, 0.6) is 0 Å². The summed E-state index contributed by atoms with van der Waals surface area (Å²) in [5.41, 5.74) is 9.05. The van der Waals surface area contributed by atoms with Crippen LogP contribution in [0.4, 0.5) is 0 Å². The zero-order valence-corrected chi connectivity index (χ0v) is 11.3. The topological polar surface area (TPSA) is 48.0 Å². The van der Waals surface area contributed by atoms with Crippen LogP contribution in [-0.4, -0.2) is 10.5 Å². The second-order valence-electron chi connectivity index (χ2n) is 4.00. The van der Waals surface area contributed by atoms with Gasteiger partial charge >= 0.3 is 0 Å². The number of carbonyl (C=O) groups is 1. The summed E-state index contributed by atoms with van der Waals surface area (Å²) < 4.78 is 2.11. The van der Waals surface area contributed by atoms with Crippen LogP contribution in [0.1, 0.15) is 23.0 Å². The van der Waals surface area contributed by atoms with Gasteiger partial charge in [0.15, 0.2) is 0 Å². The molecule has 0 aliphatic rings. The Hall–Kier alpha value is -1.74. The number of hydrogen-bond donors (Lipinski definition) is 1. The maximum absolute atomic E-state index is 11.3. The van der Waals surface area contributed by atoms with E-state index < -0.39 is 0 Å². The molecule has 0 radical (unpaired) electrons. The fourth-order valence-electron chi connectivity index (χ4n) is 2.15. The Bertz CT molecular complexity index is 546. The molecule has 0 aliphatic carbocycles. The van der Waals surface area contributed by atoms with Crippen LogP contribution in [0.25, 0.3) is 11.3 Å². The van der Waals surface area contributed by atoms with Gasteiger partial charge < -0.3 is 10.3 Å². The fourth-order valence-corrected chi connectivity index (χ4v) is 2.15. The summed E-state index contributed by atoms with van der Waals surface area (Å²) in [7, 11) is 0. The van der Waals surface area contributed by atoms with E-state index in [4.69, 9.17) is 5.73 Å². The molecule has 0 fully saturated rings. The minimum atomic E-state index is -0.369. The predicted octanol–water partition coefficient (Wildman–Crippen LogP) is 3.00. The van der Waals surface area contributed by atoms with Crippen molar-refractivity contribution in [3.05, 3.63) is 47.7 Å². The number of carbonyl (C=O) groups excluding carboxylic acids is 1. The standard InChI is InChI=1S/C14H16N2O.ClH/c1-3-16-10(2)12(14(15)17)9-13(16)11-7-5-4-6-8-11;/h4-9H,3H2,1-2H3,(H2,15,17);1H. The van der Waals surface area contributed by atoms with Gasteiger partial charge in [-0.25, -0.2) is 0 Å². The van der Waals surface area contributed by atoms with Crippen molar-refractivity contribution in [1.29, 1.82) is 0 Å². The van der Waals surface area contributed by atoms with Crippen molar-refractivity contribution in [3.8, 4) is 11.3 Å². The number of primary amides is 1. The highest BCUT2D eigenvalue weighted by atomic mass is 35.5. The third kappa shape index (κ3) is 2.41. The Morgan fingerprint density at radius 3 is 2.39 bits per heavy atom. The Labute approximate surface area is 113 Å². The van der Waals surface area contributed by atoms with Gasteiger partial charge in [-0.2, -0.15) is 0 Å². The van der Waals surface area contributed by atoms with Crippen LogP contribution in [0.2, 0.25) is 0 Å². The minimum absolute atomic E-state index is 0. The molecule has 3 nitrogen and oxygen atoms in total. The quantitative estimate of drug-likeness (QED) is 0.910. The molecule has 4 heteroatoms. The van der Waals surface area contributed by atoms with Crippen molar-refractivity contribution in [2.24, 2.45) is 5.73 Å². The number of benzene rings is 1. The van der Waals surface area contributed by atoms with Crippen molar-refractivity contribution in [2.45, 2.75) is 20.4 Å². The lowest BCUT2D eigenvalue weighted by atomic mass is 10.1. The maximum Gasteiger partial charge on any atom is 0.250 e. The molecule has 1 aromatic heterocycles. The zero-order chi connectivity index (χ0) is 12.4. The molecule has 2 rings (SSSR count). The summed E-state index contributed by atoms with van der Waals surface area (Å²) in [6.07, 6.45) is 0. The molecule has 0 saturated heterocycles. The number of halogens is 1. The van der Waals surface area contributed by atoms with E-state index in [1.807, 2.05) is 43.3 Å². The Morgan fingerprint density at radius 2 is 1.89 bits per heavy atom. The van der Waals surface area contributed by atoms with Crippen LogP contribution < -0.4 is 5.73 Å². The molecule has 0 unspecified atom stereocenters. The van der Waals surface area contributed by atoms with Gasteiger partial charge in [0.05, 0.1) is 5.56 Å². The summed E-state index contributed by atoms with van der Waals surface area (Å²) >= 11 is 0. The predicted molar refractivity (Wildman–Crippen MR) is 76.0 cm³/mol. The van der Waals surface area contributed by atoms with E-state index in [0.29, 0.717) is 5.56 Å². The van der Waals surface area contributed by atoms with Crippen molar-refractivity contribution in [3.63, 3.8) is 0 Å². The smallest absolute Gasteiger partial charge is 0.250 e. The number of nitrogens with two attached hydrogens (primary N) is 1. The molecule has 18 heavy (non-hydrogen) atoms. The summed E-state index contributed by atoms with van der Waals surface area (Å²) in [5, 5.41) is 0. The Balaban J connectivity index is 0.00000162. The van der Waals surface area contributed by atoms with Gasteiger partial charge in [-0.15, -0.1) is 12.4 Å². The lowest BCUT2D eigenvalue weighted by Crippen LogP contribution is -2.12. The molecule has 0 saturated carbocycles. The van der Waals surface area contributed by atoms with Gasteiger partial charge in [-0.1, -0.05) is 30.3 Å². The SMILES string of the molecule is CCn1c(-c2ccccc2)cc(C(N)=O)c1C.Cl. The van der Waals surface area contributed by atoms with Gasteiger partial charge in [0.2, 0.25) is 0 Å². The van der Waals surface area contributed by atoms with E-state index in [1.54, 1.807) is 0 Å². The molecule has 2 N–H and O–H groups in total. The zero-order valence-electron chi connectivity index (χ0n) is 10.5.